The maximum Gasteiger partial charge on any atom is 0.142 e. The number of aromatic nitrogens is 1. The standard InChI is InChI=1S/C12H19BrClN3/c1-4-17(8-12(2,3)7-15)11-10(13)5-9(14)6-16-11/h5-6H,4,7-8,15H2,1-3H3. The topological polar surface area (TPSA) is 42.1 Å². The van der Waals surface area contributed by atoms with Crippen molar-refractivity contribution in [3.05, 3.63) is 21.8 Å². The van der Waals surface area contributed by atoms with E-state index in [1.807, 2.05) is 6.07 Å². The molecule has 0 bridgehead atoms. The summed E-state index contributed by atoms with van der Waals surface area (Å²) in [5, 5.41) is 0.634. The summed E-state index contributed by atoms with van der Waals surface area (Å²) < 4.78 is 0.916. The first-order valence-electron chi connectivity index (χ1n) is 5.65. The van der Waals surface area contributed by atoms with E-state index < -0.39 is 0 Å². The molecule has 5 heteroatoms. The van der Waals surface area contributed by atoms with Gasteiger partial charge in [0.1, 0.15) is 5.82 Å². The van der Waals surface area contributed by atoms with Crippen molar-refractivity contribution in [2.24, 2.45) is 11.1 Å². The lowest BCUT2D eigenvalue weighted by Crippen LogP contribution is -2.39. The Hall–Kier alpha value is -0.320. The summed E-state index contributed by atoms with van der Waals surface area (Å²) >= 11 is 9.39. The largest absolute Gasteiger partial charge is 0.355 e. The molecule has 0 saturated heterocycles. The third-order valence-electron chi connectivity index (χ3n) is 2.64. The van der Waals surface area contributed by atoms with E-state index in [4.69, 9.17) is 17.3 Å². The Morgan fingerprint density at radius 2 is 2.18 bits per heavy atom. The highest BCUT2D eigenvalue weighted by Gasteiger charge is 2.21. The van der Waals surface area contributed by atoms with Gasteiger partial charge in [0.25, 0.3) is 0 Å². The molecule has 2 N–H and O–H groups in total. The van der Waals surface area contributed by atoms with Crippen LogP contribution in [0.4, 0.5) is 5.82 Å². The van der Waals surface area contributed by atoms with E-state index in [0.717, 1.165) is 23.4 Å². The second-order valence-corrected chi connectivity index (χ2v) is 6.13. The minimum Gasteiger partial charge on any atom is -0.355 e. The smallest absolute Gasteiger partial charge is 0.142 e. The lowest BCUT2D eigenvalue weighted by atomic mass is 9.93. The molecule has 1 aromatic rings. The zero-order chi connectivity index (χ0) is 13.1. The number of anilines is 1. The predicted molar refractivity (Wildman–Crippen MR) is 77.7 cm³/mol. The molecule has 0 amide bonds. The summed E-state index contributed by atoms with van der Waals surface area (Å²) in [5.74, 6) is 0.915. The van der Waals surface area contributed by atoms with Crippen molar-refractivity contribution in [3.63, 3.8) is 0 Å². The fourth-order valence-corrected chi connectivity index (χ4v) is 2.45. The van der Waals surface area contributed by atoms with Gasteiger partial charge in [-0.3, -0.25) is 0 Å². The van der Waals surface area contributed by atoms with Crippen LogP contribution >= 0.6 is 27.5 Å². The van der Waals surface area contributed by atoms with Gasteiger partial charge in [0.15, 0.2) is 0 Å². The lowest BCUT2D eigenvalue weighted by molar-refractivity contribution is 0.378. The van der Waals surface area contributed by atoms with E-state index in [2.05, 4.69) is 46.6 Å². The van der Waals surface area contributed by atoms with E-state index in [-0.39, 0.29) is 5.41 Å². The second-order valence-electron chi connectivity index (χ2n) is 4.84. The first-order valence-corrected chi connectivity index (χ1v) is 6.83. The summed E-state index contributed by atoms with van der Waals surface area (Å²) in [6, 6.07) is 1.86. The van der Waals surface area contributed by atoms with Gasteiger partial charge in [0.2, 0.25) is 0 Å². The Bertz CT molecular complexity index is 382. The summed E-state index contributed by atoms with van der Waals surface area (Å²) in [6.45, 7) is 8.81. The molecule has 1 aromatic heterocycles. The van der Waals surface area contributed by atoms with Crippen molar-refractivity contribution in [1.82, 2.24) is 4.98 Å². The molecular weight excluding hydrogens is 302 g/mol. The Labute approximate surface area is 116 Å². The van der Waals surface area contributed by atoms with Crippen LogP contribution in [0.2, 0.25) is 5.02 Å². The van der Waals surface area contributed by atoms with Gasteiger partial charge in [-0.1, -0.05) is 25.4 Å². The third kappa shape index (κ3) is 4.12. The quantitative estimate of drug-likeness (QED) is 0.905. The third-order valence-corrected chi connectivity index (χ3v) is 3.43. The van der Waals surface area contributed by atoms with Gasteiger partial charge in [-0.05, 0) is 40.9 Å². The highest BCUT2D eigenvalue weighted by Crippen LogP contribution is 2.28. The van der Waals surface area contributed by atoms with Crippen LogP contribution in [0.15, 0.2) is 16.7 Å². The molecule has 0 aliphatic rings. The number of hydrogen-bond donors (Lipinski definition) is 1. The van der Waals surface area contributed by atoms with Crippen LogP contribution in [0, 0.1) is 5.41 Å². The maximum atomic E-state index is 5.89. The molecule has 1 heterocycles. The van der Waals surface area contributed by atoms with Crippen molar-refractivity contribution >= 4 is 33.3 Å². The molecular formula is C12H19BrClN3. The highest BCUT2D eigenvalue weighted by atomic mass is 79.9. The molecule has 96 valence electrons. The Morgan fingerprint density at radius 3 is 2.65 bits per heavy atom. The maximum absolute atomic E-state index is 5.89. The number of pyridine rings is 1. The van der Waals surface area contributed by atoms with Gasteiger partial charge in [-0.2, -0.15) is 0 Å². The summed E-state index contributed by atoms with van der Waals surface area (Å²) in [5.41, 5.74) is 5.84. The average molecular weight is 321 g/mol. The van der Waals surface area contributed by atoms with Crippen LogP contribution < -0.4 is 10.6 Å². The molecule has 0 atom stereocenters. The molecule has 0 aromatic carbocycles. The van der Waals surface area contributed by atoms with Crippen LogP contribution in [0.5, 0.6) is 0 Å². The van der Waals surface area contributed by atoms with E-state index in [9.17, 15) is 0 Å². The van der Waals surface area contributed by atoms with Crippen molar-refractivity contribution in [3.8, 4) is 0 Å². The molecule has 17 heavy (non-hydrogen) atoms. The van der Waals surface area contributed by atoms with Gasteiger partial charge >= 0.3 is 0 Å². The number of nitrogens with two attached hydrogens (primary N) is 1. The Morgan fingerprint density at radius 1 is 1.53 bits per heavy atom. The Balaban J connectivity index is 2.94. The normalized spacial score (nSPS) is 11.6. The molecule has 0 radical (unpaired) electrons. The SMILES string of the molecule is CCN(CC(C)(C)CN)c1ncc(Cl)cc1Br. The van der Waals surface area contributed by atoms with Crippen LogP contribution in [0.1, 0.15) is 20.8 Å². The van der Waals surface area contributed by atoms with Crippen molar-refractivity contribution < 1.29 is 0 Å². The first-order chi connectivity index (χ1) is 7.89. The van der Waals surface area contributed by atoms with Gasteiger partial charge in [0.05, 0.1) is 9.50 Å². The van der Waals surface area contributed by atoms with E-state index in [1.165, 1.54) is 0 Å². The molecule has 0 fully saturated rings. The fraction of sp³-hybridized carbons (Fsp3) is 0.583. The number of halogens is 2. The van der Waals surface area contributed by atoms with E-state index in [0.29, 0.717) is 11.6 Å². The first kappa shape index (κ1) is 14.7. The highest BCUT2D eigenvalue weighted by molar-refractivity contribution is 9.10. The zero-order valence-corrected chi connectivity index (χ0v) is 12.8. The molecule has 1 rings (SSSR count). The molecule has 0 spiro atoms. The van der Waals surface area contributed by atoms with Crippen LogP contribution in [-0.2, 0) is 0 Å². The minimum atomic E-state index is 0.0662. The number of nitrogens with zero attached hydrogens (tertiary/aromatic N) is 2. The predicted octanol–water partition coefficient (Wildman–Crippen LogP) is 3.31. The van der Waals surface area contributed by atoms with E-state index in [1.54, 1.807) is 6.20 Å². The van der Waals surface area contributed by atoms with Gasteiger partial charge < -0.3 is 10.6 Å². The summed E-state index contributed by atoms with van der Waals surface area (Å²) in [7, 11) is 0. The van der Waals surface area contributed by atoms with Crippen molar-refractivity contribution in [2.45, 2.75) is 20.8 Å². The monoisotopic (exact) mass is 319 g/mol. The summed E-state index contributed by atoms with van der Waals surface area (Å²) in [4.78, 5) is 6.58. The molecule has 0 aliphatic carbocycles. The van der Waals surface area contributed by atoms with Crippen LogP contribution in [-0.4, -0.2) is 24.6 Å². The van der Waals surface area contributed by atoms with Crippen LogP contribution in [0.3, 0.4) is 0 Å². The average Bonchev–Trinajstić information content (AvgIpc) is 2.26. The molecule has 0 unspecified atom stereocenters. The van der Waals surface area contributed by atoms with Crippen molar-refractivity contribution in [1.29, 1.82) is 0 Å². The van der Waals surface area contributed by atoms with Crippen molar-refractivity contribution in [2.75, 3.05) is 24.5 Å². The number of rotatable bonds is 5. The molecule has 0 saturated carbocycles. The second kappa shape index (κ2) is 6.03. The van der Waals surface area contributed by atoms with Crippen LogP contribution in [0.25, 0.3) is 0 Å². The van der Waals surface area contributed by atoms with Gasteiger partial charge in [-0.25, -0.2) is 4.98 Å². The number of hydrogen-bond acceptors (Lipinski definition) is 3. The van der Waals surface area contributed by atoms with Gasteiger partial charge in [0, 0.05) is 19.3 Å². The summed E-state index contributed by atoms with van der Waals surface area (Å²) in [6.07, 6.45) is 1.67. The zero-order valence-electron chi connectivity index (χ0n) is 10.5. The minimum absolute atomic E-state index is 0.0662. The van der Waals surface area contributed by atoms with E-state index >= 15 is 0 Å². The van der Waals surface area contributed by atoms with Gasteiger partial charge in [-0.15, -0.1) is 0 Å². The fourth-order valence-electron chi connectivity index (χ4n) is 1.56. The lowest BCUT2D eigenvalue weighted by Gasteiger charge is -2.32. The molecule has 3 nitrogen and oxygen atoms in total. The Kier molecular flexibility index (Phi) is 5.22. The molecule has 0 aliphatic heterocycles.